The highest BCUT2D eigenvalue weighted by Crippen LogP contribution is 2.40. The summed E-state index contributed by atoms with van der Waals surface area (Å²) in [4.78, 5) is 12.1. The lowest BCUT2D eigenvalue weighted by Gasteiger charge is -2.34. The summed E-state index contributed by atoms with van der Waals surface area (Å²) in [5.41, 5.74) is 2.44. The molecule has 0 radical (unpaired) electrons. The Morgan fingerprint density at radius 1 is 1.29 bits per heavy atom. The molecule has 1 saturated carbocycles. The number of ketones is 1. The van der Waals surface area contributed by atoms with Gasteiger partial charge in [0.05, 0.1) is 0 Å². The van der Waals surface area contributed by atoms with Crippen LogP contribution >= 0.6 is 0 Å². The van der Waals surface area contributed by atoms with E-state index < -0.39 is 0 Å². The highest BCUT2D eigenvalue weighted by Gasteiger charge is 2.34. The van der Waals surface area contributed by atoms with Crippen molar-refractivity contribution in [2.75, 3.05) is 0 Å². The molecule has 90 valence electrons. The normalized spacial score (nSPS) is 29.1. The van der Waals surface area contributed by atoms with Crippen molar-refractivity contribution in [3.63, 3.8) is 0 Å². The van der Waals surface area contributed by atoms with E-state index in [0.29, 0.717) is 24.0 Å². The van der Waals surface area contributed by atoms with E-state index in [0.717, 1.165) is 12.0 Å². The lowest BCUT2D eigenvalue weighted by molar-refractivity contribution is -0.125. The molecule has 0 N–H and O–H groups in total. The number of benzene rings is 1. The molecule has 0 heterocycles. The van der Waals surface area contributed by atoms with Gasteiger partial charge in [-0.2, -0.15) is 0 Å². The second kappa shape index (κ2) is 4.87. The van der Waals surface area contributed by atoms with Gasteiger partial charge in [-0.1, -0.05) is 49.4 Å². The fourth-order valence-electron chi connectivity index (χ4n) is 2.75. The van der Waals surface area contributed by atoms with E-state index >= 15 is 0 Å². The SMILES string of the molecule is C=C(C)[C@@H]1CC(=O)[C@@H](C)[C@H](c2ccccc2)C1. The molecule has 3 atom stereocenters. The third kappa shape index (κ3) is 2.49. The molecule has 0 unspecified atom stereocenters. The van der Waals surface area contributed by atoms with Crippen molar-refractivity contribution < 1.29 is 4.79 Å². The molecule has 1 nitrogen and oxygen atoms in total. The first-order valence-electron chi connectivity index (χ1n) is 6.32. The smallest absolute Gasteiger partial charge is 0.136 e. The van der Waals surface area contributed by atoms with Crippen molar-refractivity contribution in [3.8, 4) is 0 Å². The van der Waals surface area contributed by atoms with Gasteiger partial charge in [-0.05, 0) is 30.7 Å². The van der Waals surface area contributed by atoms with E-state index in [1.54, 1.807) is 0 Å². The average molecular weight is 228 g/mol. The van der Waals surface area contributed by atoms with Crippen LogP contribution in [0.3, 0.4) is 0 Å². The minimum atomic E-state index is 0.146. The Balaban J connectivity index is 2.26. The zero-order valence-corrected chi connectivity index (χ0v) is 10.6. The summed E-state index contributed by atoms with van der Waals surface area (Å²) in [5.74, 6) is 1.26. The molecule has 17 heavy (non-hydrogen) atoms. The van der Waals surface area contributed by atoms with Crippen LogP contribution in [0, 0.1) is 11.8 Å². The lowest BCUT2D eigenvalue weighted by atomic mass is 9.69. The fourth-order valence-corrected chi connectivity index (χ4v) is 2.75. The van der Waals surface area contributed by atoms with Gasteiger partial charge >= 0.3 is 0 Å². The predicted octanol–water partition coefficient (Wildman–Crippen LogP) is 3.96. The molecule has 1 aliphatic rings. The molecule has 1 heteroatoms. The second-order valence-corrected chi connectivity index (χ2v) is 5.26. The molecule has 1 aliphatic carbocycles. The van der Waals surface area contributed by atoms with E-state index in [9.17, 15) is 4.79 Å². The van der Waals surface area contributed by atoms with Crippen molar-refractivity contribution in [3.05, 3.63) is 48.0 Å². The first kappa shape index (κ1) is 12.1. The van der Waals surface area contributed by atoms with Crippen LogP contribution in [0.4, 0.5) is 0 Å². The molecule has 0 saturated heterocycles. The van der Waals surface area contributed by atoms with E-state index in [-0.39, 0.29) is 5.92 Å². The van der Waals surface area contributed by atoms with Gasteiger partial charge in [0.25, 0.3) is 0 Å². The van der Waals surface area contributed by atoms with Crippen molar-refractivity contribution in [1.82, 2.24) is 0 Å². The highest BCUT2D eigenvalue weighted by molar-refractivity contribution is 5.83. The van der Waals surface area contributed by atoms with Gasteiger partial charge in [0.15, 0.2) is 0 Å². The molecular formula is C16H20O. The largest absolute Gasteiger partial charge is 0.299 e. The summed E-state index contributed by atoms with van der Waals surface area (Å²) < 4.78 is 0. The summed E-state index contributed by atoms with van der Waals surface area (Å²) in [6.45, 7) is 8.12. The summed E-state index contributed by atoms with van der Waals surface area (Å²) in [6.07, 6.45) is 1.74. The molecule has 0 amide bonds. The maximum atomic E-state index is 12.1. The van der Waals surface area contributed by atoms with Crippen LogP contribution in [0.5, 0.6) is 0 Å². The number of Topliss-reactive ketones (excluding diaryl/α,β-unsaturated/α-hetero) is 1. The number of hydrogen-bond acceptors (Lipinski definition) is 1. The van der Waals surface area contributed by atoms with Crippen molar-refractivity contribution in [2.24, 2.45) is 11.8 Å². The molecule has 0 spiro atoms. The number of carbonyl (C=O) groups excluding carboxylic acids is 1. The number of rotatable bonds is 2. The number of allylic oxidation sites excluding steroid dienone is 1. The highest BCUT2D eigenvalue weighted by atomic mass is 16.1. The minimum absolute atomic E-state index is 0.146. The van der Waals surface area contributed by atoms with Gasteiger partial charge in [0.1, 0.15) is 5.78 Å². The Morgan fingerprint density at radius 2 is 1.94 bits per heavy atom. The molecule has 0 bridgehead atoms. The monoisotopic (exact) mass is 228 g/mol. The molecule has 1 aromatic rings. The Kier molecular flexibility index (Phi) is 3.46. The summed E-state index contributed by atoms with van der Waals surface area (Å²) in [5, 5.41) is 0. The lowest BCUT2D eigenvalue weighted by Crippen LogP contribution is -2.30. The van der Waals surface area contributed by atoms with Crippen LogP contribution in [0.2, 0.25) is 0 Å². The van der Waals surface area contributed by atoms with Gasteiger partial charge < -0.3 is 0 Å². The molecule has 0 aromatic heterocycles. The zero-order valence-electron chi connectivity index (χ0n) is 10.6. The van der Waals surface area contributed by atoms with Gasteiger partial charge in [0, 0.05) is 12.3 Å². The molecular weight excluding hydrogens is 208 g/mol. The summed E-state index contributed by atoms with van der Waals surface area (Å²) in [6, 6.07) is 10.4. The van der Waals surface area contributed by atoms with Crippen molar-refractivity contribution in [2.45, 2.75) is 32.6 Å². The summed E-state index contributed by atoms with van der Waals surface area (Å²) in [7, 11) is 0. The zero-order chi connectivity index (χ0) is 12.4. The second-order valence-electron chi connectivity index (χ2n) is 5.26. The predicted molar refractivity (Wildman–Crippen MR) is 70.9 cm³/mol. The Morgan fingerprint density at radius 3 is 2.53 bits per heavy atom. The Labute approximate surface area is 104 Å². The molecule has 1 fully saturated rings. The van der Waals surface area contributed by atoms with E-state index in [4.69, 9.17) is 0 Å². The molecule has 0 aliphatic heterocycles. The third-order valence-electron chi connectivity index (χ3n) is 4.02. The van der Waals surface area contributed by atoms with Crippen LogP contribution in [-0.4, -0.2) is 5.78 Å². The van der Waals surface area contributed by atoms with E-state index in [2.05, 4.69) is 37.8 Å². The minimum Gasteiger partial charge on any atom is -0.299 e. The van der Waals surface area contributed by atoms with Gasteiger partial charge in [0.2, 0.25) is 0 Å². The maximum absolute atomic E-state index is 12.1. The van der Waals surface area contributed by atoms with Crippen molar-refractivity contribution in [1.29, 1.82) is 0 Å². The first-order chi connectivity index (χ1) is 8.09. The Hall–Kier alpha value is -1.37. The van der Waals surface area contributed by atoms with Crippen LogP contribution in [0.1, 0.15) is 38.2 Å². The topological polar surface area (TPSA) is 17.1 Å². The number of carbonyl (C=O) groups is 1. The van der Waals surface area contributed by atoms with Crippen molar-refractivity contribution >= 4 is 5.78 Å². The van der Waals surface area contributed by atoms with Crippen LogP contribution in [0.25, 0.3) is 0 Å². The van der Waals surface area contributed by atoms with E-state index in [1.807, 2.05) is 13.0 Å². The Bertz CT molecular complexity index is 418. The van der Waals surface area contributed by atoms with Crippen LogP contribution in [-0.2, 0) is 4.79 Å². The van der Waals surface area contributed by atoms with Crippen LogP contribution in [0.15, 0.2) is 42.5 Å². The molecule has 2 rings (SSSR count). The number of hydrogen-bond donors (Lipinski definition) is 0. The van der Waals surface area contributed by atoms with Gasteiger partial charge in [-0.3, -0.25) is 4.79 Å². The first-order valence-corrected chi connectivity index (χ1v) is 6.32. The summed E-state index contributed by atoms with van der Waals surface area (Å²) >= 11 is 0. The van der Waals surface area contributed by atoms with E-state index in [1.165, 1.54) is 5.56 Å². The quantitative estimate of drug-likeness (QED) is 0.700. The standard InChI is InChI=1S/C16H20O/c1-11(2)14-9-15(12(3)16(17)10-14)13-7-5-4-6-8-13/h4-8,12,14-15H,1,9-10H2,2-3H3/t12-,14-,15+/m0/s1. The maximum Gasteiger partial charge on any atom is 0.136 e. The molecule has 1 aromatic carbocycles. The van der Waals surface area contributed by atoms with Gasteiger partial charge in [-0.15, -0.1) is 0 Å². The fraction of sp³-hybridized carbons (Fsp3) is 0.438. The average Bonchev–Trinajstić information content (AvgIpc) is 2.33. The van der Waals surface area contributed by atoms with Gasteiger partial charge in [-0.25, -0.2) is 0 Å². The third-order valence-corrected chi connectivity index (χ3v) is 4.02. The van der Waals surface area contributed by atoms with Crippen LogP contribution < -0.4 is 0 Å².